The summed E-state index contributed by atoms with van der Waals surface area (Å²) in [6.45, 7) is 4.75. The van der Waals surface area contributed by atoms with Crippen LogP contribution >= 0.6 is 0 Å². The molecule has 0 fully saturated rings. The number of nitrogens with two attached hydrogens (primary N) is 1. The highest BCUT2D eigenvalue weighted by Crippen LogP contribution is 2.14. The lowest BCUT2D eigenvalue weighted by Crippen LogP contribution is -2.12. The van der Waals surface area contributed by atoms with Gasteiger partial charge in [-0.25, -0.2) is 4.68 Å². The molecule has 0 saturated carbocycles. The number of hydrogen-bond donors (Lipinski definition) is 3. The smallest absolute Gasteiger partial charge is 0.241 e. The summed E-state index contributed by atoms with van der Waals surface area (Å²) in [7, 11) is 1.80. The van der Waals surface area contributed by atoms with Crippen molar-refractivity contribution in [2.45, 2.75) is 26.4 Å². The van der Waals surface area contributed by atoms with E-state index in [-0.39, 0.29) is 5.95 Å². The quantitative estimate of drug-likeness (QED) is 0.471. The van der Waals surface area contributed by atoms with Crippen molar-refractivity contribution >= 4 is 11.9 Å². The number of nitrogens with one attached hydrogen (secondary N) is 2. The second-order valence-electron chi connectivity index (χ2n) is 6.31. The van der Waals surface area contributed by atoms with Crippen molar-refractivity contribution in [2.24, 2.45) is 7.05 Å². The van der Waals surface area contributed by atoms with E-state index in [0.29, 0.717) is 19.1 Å². The molecule has 3 aromatic rings. The summed E-state index contributed by atoms with van der Waals surface area (Å²) in [4.78, 5) is 4.09. The monoisotopic (exact) mass is 370 g/mol. The number of benzene rings is 1. The van der Waals surface area contributed by atoms with Crippen LogP contribution in [0.15, 0.2) is 40.8 Å². The number of ether oxygens (including phenoxy) is 1. The lowest BCUT2D eigenvalue weighted by Gasteiger charge is -2.09. The molecule has 4 N–H and O–H groups in total. The minimum atomic E-state index is 0.267. The molecule has 0 unspecified atom stereocenters. The van der Waals surface area contributed by atoms with Crippen molar-refractivity contribution in [1.29, 1.82) is 0 Å². The number of hydrogen-bond acceptors (Lipinski definition) is 7. The lowest BCUT2D eigenvalue weighted by atomic mass is 10.2. The van der Waals surface area contributed by atoms with Crippen molar-refractivity contribution in [3.05, 3.63) is 53.5 Å². The molecule has 0 aliphatic heterocycles. The molecular weight excluding hydrogens is 344 g/mol. The van der Waals surface area contributed by atoms with Crippen LogP contribution in [-0.4, -0.2) is 27.9 Å². The molecule has 0 radical (unpaired) electrons. The van der Waals surface area contributed by atoms with Crippen LogP contribution in [0.3, 0.4) is 0 Å². The molecule has 1 aromatic carbocycles. The van der Waals surface area contributed by atoms with Crippen LogP contribution < -0.4 is 21.1 Å². The van der Waals surface area contributed by atoms with Gasteiger partial charge in [-0.1, -0.05) is 12.1 Å². The third-order valence-corrected chi connectivity index (χ3v) is 3.98. The first-order valence-electron chi connectivity index (χ1n) is 8.98. The average Bonchev–Trinajstić information content (AvgIpc) is 3.19. The summed E-state index contributed by atoms with van der Waals surface area (Å²) in [5.41, 5.74) is 6.72. The third-order valence-electron chi connectivity index (χ3n) is 3.98. The van der Waals surface area contributed by atoms with Gasteiger partial charge in [-0.2, -0.15) is 4.98 Å². The average molecular weight is 370 g/mol. The third kappa shape index (κ3) is 5.75. The number of furan rings is 1. The Labute approximate surface area is 158 Å². The molecule has 0 amide bonds. The van der Waals surface area contributed by atoms with Crippen molar-refractivity contribution in [3.8, 4) is 5.75 Å². The number of anilines is 2. The summed E-state index contributed by atoms with van der Waals surface area (Å²) < 4.78 is 13.0. The number of nitrogen functional groups attached to an aromatic ring is 1. The van der Waals surface area contributed by atoms with Gasteiger partial charge < -0.3 is 25.5 Å². The summed E-state index contributed by atoms with van der Waals surface area (Å²) in [6, 6.07) is 12.1. The molecular formula is C19H26N6O2. The molecule has 0 atom stereocenters. The van der Waals surface area contributed by atoms with Gasteiger partial charge in [0.15, 0.2) is 0 Å². The van der Waals surface area contributed by atoms with Gasteiger partial charge in [-0.3, -0.25) is 0 Å². The fourth-order valence-corrected chi connectivity index (χ4v) is 2.68. The van der Waals surface area contributed by atoms with E-state index in [0.717, 1.165) is 36.8 Å². The second-order valence-corrected chi connectivity index (χ2v) is 6.31. The van der Waals surface area contributed by atoms with Crippen molar-refractivity contribution < 1.29 is 9.15 Å². The highest BCUT2D eigenvalue weighted by molar-refractivity contribution is 5.31. The number of aryl methyl sites for hydroxylation is 2. The van der Waals surface area contributed by atoms with Crippen LogP contribution in [0, 0.1) is 6.92 Å². The van der Waals surface area contributed by atoms with Gasteiger partial charge in [0.25, 0.3) is 0 Å². The van der Waals surface area contributed by atoms with Gasteiger partial charge in [0.1, 0.15) is 17.3 Å². The van der Waals surface area contributed by atoms with E-state index in [9.17, 15) is 0 Å². The molecule has 27 heavy (non-hydrogen) atoms. The fourth-order valence-electron chi connectivity index (χ4n) is 2.68. The molecule has 0 spiro atoms. The Hall–Kier alpha value is -3.00. The van der Waals surface area contributed by atoms with Gasteiger partial charge >= 0.3 is 0 Å². The largest absolute Gasteiger partial charge is 0.494 e. The molecule has 8 heteroatoms. The molecule has 2 aromatic heterocycles. The van der Waals surface area contributed by atoms with Crippen LogP contribution in [0.5, 0.6) is 5.75 Å². The van der Waals surface area contributed by atoms with Crippen molar-refractivity contribution in [1.82, 2.24) is 20.1 Å². The van der Waals surface area contributed by atoms with Gasteiger partial charge in [0.2, 0.25) is 11.9 Å². The molecule has 2 heterocycles. The first kappa shape index (κ1) is 18.8. The highest BCUT2D eigenvalue weighted by Gasteiger charge is 2.03. The van der Waals surface area contributed by atoms with Crippen LogP contribution in [0.4, 0.5) is 11.9 Å². The maximum Gasteiger partial charge on any atom is 0.241 e. The topological polar surface area (TPSA) is 103 Å². The van der Waals surface area contributed by atoms with Crippen LogP contribution in [-0.2, 0) is 20.1 Å². The minimum Gasteiger partial charge on any atom is -0.494 e. The Balaban J connectivity index is 1.36. The van der Waals surface area contributed by atoms with Gasteiger partial charge in [0, 0.05) is 20.1 Å². The van der Waals surface area contributed by atoms with E-state index in [4.69, 9.17) is 14.9 Å². The van der Waals surface area contributed by atoms with Crippen molar-refractivity contribution in [2.75, 3.05) is 24.2 Å². The zero-order valence-electron chi connectivity index (χ0n) is 15.7. The van der Waals surface area contributed by atoms with E-state index >= 15 is 0 Å². The Morgan fingerprint density at radius 3 is 2.85 bits per heavy atom. The summed E-state index contributed by atoms with van der Waals surface area (Å²) in [5.74, 6) is 3.67. The van der Waals surface area contributed by atoms with Crippen LogP contribution in [0.1, 0.15) is 23.5 Å². The molecule has 0 aliphatic carbocycles. The van der Waals surface area contributed by atoms with E-state index in [1.165, 1.54) is 5.56 Å². The van der Waals surface area contributed by atoms with E-state index in [2.05, 4.69) is 32.8 Å². The summed E-state index contributed by atoms with van der Waals surface area (Å²) >= 11 is 0. The maximum atomic E-state index is 5.83. The molecule has 0 aliphatic rings. The van der Waals surface area contributed by atoms with Gasteiger partial charge in [-0.15, -0.1) is 5.10 Å². The van der Waals surface area contributed by atoms with E-state index < -0.39 is 0 Å². The van der Waals surface area contributed by atoms with Crippen LogP contribution in [0.2, 0.25) is 0 Å². The first-order chi connectivity index (χ1) is 13.1. The summed E-state index contributed by atoms with van der Waals surface area (Å²) in [5, 5.41) is 10.6. The van der Waals surface area contributed by atoms with Gasteiger partial charge in [0.05, 0.1) is 13.2 Å². The zero-order valence-corrected chi connectivity index (χ0v) is 15.7. The Kier molecular flexibility index (Phi) is 6.32. The Morgan fingerprint density at radius 1 is 1.22 bits per heavy atom. The Morgan fingerprint density at radius 2 is 2.11 bits per heavy atom. The standard InChI is InChI=1S/C19H26N6O2/c1-14-7-8-17(27-14)13-21-12-15-5-3-6-16(11-15)26-10-4-9-22-19-23-18(20)24-25(19)2/h3,5-8,11,21H,4,9-10,12-13H2,1-2H3,(H3,20,22,23,24). The van der Waals surface area contributed by atoms with Crippen molar-refractivity contribution in [3.63, 3.8) is 0 Å². The second kappa shape index (κ2) is 9.09. The van der Waals surface area contributed by atoms with E-state index in [1.807, 2.05) is 31.2 Å². The Bertz CT molecular complexity index is 858. The number of nitrogens with zero attached hydrogens (tertiary/aromatic N) is 3. The summed E-state index contributed by atoms with van der Waals surface area (Å²) in [6.07, 6.45) is 0.840. The molecule has 0 bridgehead atoms. The minimum absolute atomic E-state index is 0.267. The fraction of sp³-hybridized carbons (Fsp3) is 0.368. The lowest BCUT2D eigenvalue weighted by molar-refractivity contribution is 0.314. The van der Waals surface area contributed by atoms with Crippen LogP contribution in [0.25, 0.3) is 0 Å². The van der Waals surface area contributed by atoms with Gasteiger partial charge in [-0.05, 0) is 43.2 Å². The zero-order chi connectivity index (χ0) is 19.1. The number of aromatic nitrogens is 3. The highest BCUT2D eigenvalue weighted by atomic mass is 16.5. The predicted octanol–water partition coefficient (Wildman–Crippen LogP) is 2.47. The normalized spacial score (nSPS) is 10.9. The van der Waals surface area contributed by atoms with E-state index in [1.54, 1.807) is 11.7 Å². The molecule has 3 rings (SSSR count). The number of rotatable bonds is 10. The molecule has 144 valence electrons. The maximum absolute atomic E-state index is 5.83. The first-order valence-corrected chi connectivity index (χ1v) is 8.98. The predicted molar refractivity (Wildman–Crippen MR) is 104 cm³/mol. The SMILES string of the molecule is Cc1ccc(CNCc2cccc(OCCCNc3nc(N)nn3C)c2)o1. The molecule has 0 saturated heterocycles. The molecule has 8 nitrogen and oxygen atoms in total.